The summed E-state index contributed by atoms with van der Waals surface area (Å²) in [7, 11) is 0. The Morgan fingerprint density at radius 1 is 1.03 bits per heavy atom. The number of nitrogens with zero attached hydrogens (tertiary/aromatic N) is 3. The molecule has 1 N–H and O–H groups in total. The van der Waals surface area contributed by atoms with E-state index in [1.54, 1.807) is 0 Å². The van der Waals surface area contributed by atoms with Crippen molar-refractivity contribution in [3.8, 4) is 5.69 Å². The average Bonchev–Trinajstić information content (AvgIpc) is 2.96. The fourth-order valence-corrected chi connectivity index (χ4v) is 5.62. The molecule has 0 spiro atoms. The van der Waals surface area contributed by atoms with Crippen molar-refractivity contribution in [2.75, 3.05) is 24.6 Å². The van der Waals surface area contributed by atoms with E-state index in [2.05, 4.69) is 50.2 Å². The van der Waals surface area contributed by atoms with E-state index in [9.17, 15) is 0 Å². The average molecular weight is 440 g/mol. The van der Waals surface area contributed by atoms with Gasteiger partial charge in [0.2, 0.25) is 0 Å². The third-order valence-electron chi connectivity index (χ3n) is 6.98. The molecule has 0 radical (unpaired) electrons. The molecule has 3 aromatic rings. The van der Waals surface area contributed by atoms with E-state index in [0.29, 0.717) is 6.61 Å². The zero-order chi connectivity index (χ0) is 22.3. The number of fused-ring (bicyclic) bond motifs is 1. The molecule has 1 fully saturated rings. The van der Waals surface area contributed by atoms with Crippen LogP contribution < -0.4 is 4.90 Å². The van der Waals surface area contributed by atoms with Crippen molar-refractivity contribution >= 4 is 28.3 Å². The Hall–Kier alpha value is -2.04. The molecule has 0 bridgehead atoms. The summed E-state index contributed by atoms with van der Waals surface area (Å²) in [6.07, 6.45) is 4.44. The lowest BCUT2D eigenvalue weighted by atomic mass is 9.92. The van der Waals surface area contributed by atoms with Gasteiger partial charge in [0.15, 0.2) is 0 Å². The molecular formula is C26H34ClN3O. The molecule has 0 saturated carbocycles. The number of halogens is 1. The summed E-state index contributed by atoms with van der Waals surface area (Å²) in [4.78, 5) is 7.57. The maximum absolute atomic E-state index is 9.16. The molecule has 1 aromatic carbocycles. The van der Waals surface area contributed by atoms with Crippen LogP contribution in [0.4, 0.5) is 5.69 Å². The van der Waals surface area contributed by atoms with Gasteiger partial charge >= 0.3 is 0 Å². The van der Waals surface area contributed by atoms with E-state index in [-0.39, 0.29) is 0 Å². The predicted octanol–water partition coefficient (Wildman–Crippen LogP) is 6.21. The van der Waals surface area contributed by atoms with Gasteiger partial charge in [0.1, 0.15) is 5.65 Å². The van der Waals surface area contributed by atoms with Crippen LogP contribution in [0.5, 0.6) is 0 Å². The van der Waals surface area contributed by atoms with Crippen LogP contribution in [-0.2, 0) is 0 Å². The highest BCUT2D eigenvalue weighted by Crippen LogP contribution is 2.38. The van der Waals surface area contributed by atoms with Crippen LogP contribution in [0.25, 0.3) is 16.7 Å². The maximum Gasteiger partial charge on any atom is 0.147 e. The van der Waals surface area contributed by atoms with Crippen LogP contribution in [0.3, 0.4) is 0 Å². The zero-order valence-electron chi connectivity index (χ0n) is 19.4. The molecule has 1 aliphatic heterocycles. The second-order valence-electron chi connectivity index (χ2n) is 9.21. The fourth-order valence-electron chi connectivity index (χ4n) is 5.29. The summed E-state index contributed by atoms with van der Waals surface area (Å²) in [5.41, 5.74) is 9.46. The molecule has 0 unspecified atom stereocenters. The topological polar surface area (TPSA) is 41.3 Å². The first-order valence-corrected chi connectivity index (χ1v) is 11.8. The van der Waals surface area contributed by atoms with Crippen LogP contribution in [0.2, 0.25) is 5.02 Å². The number of pyridine rings is 1. The maximum atomic E-state index is 9.16. The summed E-state index contributed by atoms with van der Waals surface area (Å²) in [5, 5.41) is 11.2. The number of aliphatic hydroxyl groups excluding tert-OH is 1. The van der Waals surface area contributed by atoms with Crippen molar-refractivity contribution in [1.82, 2.24) is 9.55 Å². The third kappa shape index (κ3) is 4.08. The van der Waals surface area contributed by atoms with Crippen LogP contribution in [0, 0.1) is 40.5 Å². The quantitative estimate of drug-likeness (QED) is 0.513. The Kier molecular flexibility index (Phi) is 6.32. The fraction of sp³-hybridized carbons (Fsp3) is 0.500. The molecule has 4 nitrogen and oxygen atoms in total. The number of aliphatic hydroxyl groups is 1. The lowest BCUT2D eigenvalue weighted by molar-refractivity contribution is 0.261. The molecule has 0 amide bonds. The van der Waals surface area contributed by atoms with Gasteiger partial charge in [0, 0.05) is 47.2 Å². The number of piperidine rings is 1. The summed E-state index contributed by atoms with van der Waals surface area (Å²) in [6.45, 7) is 13.2. The van der Waals surface area contributed by atoms with Gasteiger partial charge < -0.3 is 10.0 Å². The van der Waals surface area contributed by atoms with Crippen molar-refractivity contribution in [2.24, 2.45) is 5.92 Å². The SMILES string of the molecule is Cc1cc(N2CCC(CCCO)CC2)c2c(C)c(C)n(-c3c(C)cc(Cl)cc3C)c2n1. The molecule has 5 heteroatoms. The normalized spacial score (nSPS) is 15.3. The lowest BCUT2D eigenvalue weighted by Gasteiger charge is -2.34. The first-order valence-electron chi connectivity index (χ1n) is 11.4. The minimum absolute atomic E-state index is 0.305. The van der Waals surface area contributed by atoms with Crippen molar-refractivity contribution < 1.29 is 5.11 Å². The summed E-state index contributed by atoms with van der Waals surface area (Å²) < 4.78 is 2.33. The molecule has 31 heavy (non-hydrogen) atoms. The van der Waals surface area contributed by atoms with Gasteiger partial charge in [-0.2, -0.15) is 0 Å². The van der Waals surface area contributed by atoms with E-state index in [0.717, 1.165) is 48.2 Å². The Balaban J connectivity index is 1.82. The zero-order valence-corrected chi connectivity index (χ0v) is 20.2. The monoisotopic (exact) mass is 439 g/mol. The van der Waals surface area contributed by atoms with E-state index in [1.807, 2.05) is 12.1 Å². The Morgan fingerprint density at radius 3 is 2.29 bits per heavy atom. The number of hydrogen-bond acceptors (Lipinski definition) is 3. The molecule has 3 heterocycles. The number of rotatable bonds is 5. The van der Waals surface area contributed by atoms with Gasteiger partial charge in [-0.15, -0.1) is 0 Å². The van der Waals surface area contributed by atoms with E-state index in [1.165, 1.54) is 52.0 Å². The molecule has 1 aliphatic rings. The van der Waals surface area contributed by atoms with Gasteiger partial charge in [0.25, 0.3) is 0 Å². The van der Waals surface area contributed by atoms with Crippen molar-refractivity contribution in [1.29, 1.82) is 0 Å². The standard InChI is InChI=1S/C26H34ClN3O/c1-16-13-22(27)14-17(2)25(16)30-20(5)19(4)24-23(15-18(3)28-26(24)30)29-10-8-21(9-11-29)7-6-12-31/h13-15,21,31H,6-12H2,1-5H3. The predicted molar refractivity (Wildman–Crippen MR) is 131 cm³/mol. The Labute approximate surface area is 190 Å². The summed E-state index contributed by atoms with van der Waals surface area (Å²) >= 11 is 6.32. The molecule has 2 aromatic heterocycles. The van der Waals surface area contributed by atoms with Gasteiger partial charge in [-0.1, -0.05) is 11.6 Å². The van der Waals surface area contributed by atoms with Gasteiger partial charge in [0.05, 0.1) is 5.69 Å². The van der Waals surface area contributed by atoms with Crippen molar-refractivity contribution in [3.05, 3.63) is 51.3 Å². The number of anilines is 1. The molecule has 0 aliphatic carbocycles. The number of benzene rings is 1. The molecule has 4 rings (SSSR count). The molecule has 1 saturated heterocycles. The van der Waals surface area contributed by atoms with Gasteiger partial charge in [-0.05, 0) is 101 Å². The van der Waals surface area contributed by atoms with Crippen LogP contribution in [0.15, 0.2) is 18.2 Å². The highest BCUT2D eigenvalue weighted by molar-refractivity contribution is 6.30. The highest BCUT2D eigenvalue weighted by Gasteiger charge is 2.25. The Bertz CT molecular complexity index is 1090. The highest BCUT2D eigenvalue weighted by atomic mass is 35.5. The minimum Gasteiger partial charge on any atom is -0.396 e. The smallest absolute Gasteiger partial charge is 0.147 e. The largest absolute Gasteiger partial charge is 0.396 e. The van der Waals surface area contributed by atoms with E-state index >= 15 is 0 Å². The summed E-state index contributed by atoms with van der Waals surface area (Å²) in [5.74, 6) is 0.730. The van der Waals surface area contributed by atoms with Crippen molar-refractivity contribution in [2.45, 2.75) is 60.3 Å². The lowest BCUT2D eigenvalue weighted by Crippen LogP contribution is -2.34. The Morgan fingerprint density at radius 2 is 1.68 bits per heavy atom. The van der Waals surface area contributed by atoms with Gasteiger partial charge in [-0.3, -0.25) is 4.57 Å². The number of aromatic nitrogens is 2. The van der Waals surface area contributed by atoms with E-state index in [4.69, 9.17) is 21.7 Å². The van der Waals surface area contributed by atoms with E-state index < -0.39 is 0 Å². The van der Waals surface area contributed by atoms with Crippen molar-refractivity contribution in [3.63, 3.8) is 0 Å². The van der Waals surface area contributed by atoms with Gasteiger partial charge in [-0.25, -0.2) is 4.98 Å². The first-order chi connectivity index (χ1) is 14.8. The summed E-state index contributed by atoms with van der Waals surface area (Å²) in [6, 6.07) is 6.34. The number of hydrogen-bond donors (Lipinski definition) is 1. The molecule has 0 atom stereocenters. The second kappa shape index (κ2) is 8.84. The first kappa shape index (κ1) is 22.2. The van der Waals surface area contributed by atoms with Crippen LogP contribution in [0.1, 0.15) is 53.8 Å². The second-order valence-corrected chi connectivity index (χ2v) is 9.65. The third-order valence-corrected chi connectivity index (χ3v) is 7.20. The number of aryl methyl sites for hydroxylation is 4. The molecule has 166 valence electrons. The van der Waals surface area contributed by atoms with Crippen LogP contribution in [-0.4, -0.2) is 34.4 Å². The molecular weight excluding hydrogens is 406 g/mol. The van der Waals surface area contributed by atoms with Crippen LogP contribution >= 0.6 is 11.6 Å². The minimum atomic E-state index is 0.305.